The Morgan fingerprint density at radius 2 is 1.77 bits per heavy atom. The fourth-order valence-corrected chi connectivity index (χ4v) is 3.98. The predicted octanol–water partition coefficient (Wildman–Crippen LogP) is 2.92. The van der Waals surface area contributed by atoms with Crippen molar-refractivity contribution in [3.8, 4) is 5.75 Å². The second kappa shape index (κ2) is 9.45. The lowest BCUT2D eigenvalue weighted by molar-refractivity contribution is -0.138. The molecular weight excluding hydrogens is 408 g/mol. The molecule has 1 aliphatic heterocycles. The van der Waals surface area contributed by atoms with Crippen molar-refractivity contribution in [2.75, 3.05) is 17.3 Å². The van der Waals surface area contributed by atoms with E-state index < -0.39 is 11.2 Å². The summed E-state index contributed by atoms with van der Waals surface area (Å²) in [7, 11) is 1.54. The van der Waals surface area contributed by atoms with Crippen molar-refractivity contribution in [3.63, 3.8) is 0 Å². The molecule has 0 unspecified atom stereocenters. The zero-order valence-corrected chi connectivity index (χ0v) is 17.0. The normalized spacial score (nSPS) is 15.9. The highest BCUT2D eigenvalue weighted by molar-refractivity contribution is 8.00. The van der Waals surface area contributed by atoms with Crippen LogP contribution in [0.1, 0.15) is 19.3 Å². The first kappa shape index (κ1) is 21.4. The molecule has 2 aromatic carbocycles. The number of aliphatic carboxylic acids is 1. The number of imide groups is 1. The van der Waals surface area contributed by atoms with Crippen molar-refractivity contribution in [2.45, 2.75) is 29.4 Å². The lowest BCUT2D eigenvalue weighted by atomic mass is 10.2. The van der Waals surface area contributed by atoms with Crippen LogP contribution < -0.4 is 15.0 Å². The second-order valence-electron chi connectivity index (χ2n) is 6.54. The van der Waals surface area contributed by atoms with E-state index in [0.29, 0.717) is 17.1 Å². The van der Waals surface area contributed by atoms with Gasteiger partial charge in [0.05, 0.1) is 24.5 Å². The Hall–Kier alpha value is -3.33. The Kier molecular flexibility index (Phi) is 6.73. The number of ether oxygens (including phenoxy) is 1. The van der Waals surface area contributed by atoms with Gasteiger partial charge in [0.25, 0.3) is 0 Å². The molecule has 2 N–H and O–H groups in total. The second-order valence-corrected chi connectivity index (χ2v) is 7.82. The number of hydrogen-bond acceptors (Lipinski definition) is 6. The van der Waals surface area contributed by atoms with E-state index in [1.807, 2.05) is 0 Å². The number of amides is 3. The number of carbonyl (C=O) groups excluding carboxylic acids is 3. The van der Waals surface area contributed by atoms with Crippen molar-refractivity contribution >= 4 is 46.8 Å². The van der Waals surface area contributed by atoms with Crippen molar-refractivity contribution in [3.05, 3.63) is 48.5 Å². The van der Waals surface area contributed by atoms with Crippen molar-refractivity contribution in [1.29, 1.82) is 0 Å². The maximum Gasteiger partial charge on any atom is 0.303 e. The van der Waals surface area contributed by atoms with E-state index in [9.17, 15) is 19.2 Å². The van der Waals surface area contributed by atoms with Gasteiger partial charge in [-0.05, 0) is 48.5 Å². The summed E-state index contributed by atoms with van der Waals surface area (Å²) in [6.07, 6.45) is -0.239. The van der Waals surface area contributed by atoms with Gasteiger partial charge >= 0.3 is 5.97 Å². The van der Waals surface area contributed by atoms with Crippen molar-refractivity contribution in [1.82, 2.24) is 0 Å². The highest BCUT2D eigenvalue weighted by Crippen LogP contribution is 2.34. The standard InChI is InChI=1S/C21H20N2O6S/c1-29-15-6-4-14(5-7-15)23-19(25)12-17(21(23)28)30-16-8-2-13(3-9-16)22-18(24)10-11-20(26)27/h2-9,17H,10-12H2,1H3,(H,22,24)(H,26,27)/t17-/m1/s1. The third-order valence-corrected chi connectivity index (χ3v) is 5.62. The number of thioether (sulfide) groups is 1. The fourth-order valence-electron chi connectivity index (χ4n) is 2.92. The van der Waals surface area contributed by atoms with Crippen LogP contribution in [0.25, 0.3) is 0 Å². The smallest absolute Gasteiger partial charge is 0.303 e. The first-order valence-electron chi connectivity index (χ1n) is 9.16. The number of carboxylic acid groups (broad SMARTS) is 1. The van der Waals surface area contributed by atoms with Gasteiger partial charge in [0.1, 0.15) is 5.75 Å². The molecule has 156 valence electrons. The number of carboxylic acids is 1. The van der Waals surface area contributed by atoms with Crippen LogP contribution in [0.15, 0.2) is 53.4 Å². The Balaban J connectivity index is 1.61. The molecule has 0 saturated carbocycles. The first-order chi connectivity index (χ1) is 14.4. The van der Waals surface area contributed by atoms with E-state index in [0.717, 1.165) is 4.90 Å². The lowest BCUT2D eigenvalue weighted by Gasteiger charge is -2.15. The molecule has 9 heteroatoms. The molecule has 3 amide bonds. The maximum atomic E-state index is 12.8. The van der Waals surface area contributed by atoms with E-state index in [-0.39, 0.29) is 37.0 Å². The number of anilines is 2. The highest BCUT2D eigenvalue weighted by Gasteiger charge is 2.40. The van der Waals surface area contributed by atoms with Crippen LogP contribution in [0.3, 0.4) is 0 Å². The molecule has 0 radical (unpaired) electrons. The summed E-state index contributed by atoms with van der Waals surface area (Å²) in [6.45, 7) is 0. The molecule has 2 aromatic rings. The van der Waals surface area contributed by atoms with E-state index in [1.54, 1.807) is 55.6 Å². The van der Waals surface area contributed by atoms with Crippen LogP contribution in [0.4, 0.5) is 11.4 Å². The average Bonchev–Trinajstić information content (AvgIpc) is 3.01. The molecule has 8 nitrogen and oxygen atoms in total. The van der Waals surface area contributed by atoms with Gasteiger partial charge in [-0.1, -0.05) is 0 Å². The summed E-state index contributed by atoms with van der Waals surface area (Å²) in [4.78, 5) is 49.3. The molecule has 1 heterocycles. The van der Waals surface area contributed by atoms with Gasteiger partial charge in [0.15, 0.2) is 0 Å². The molecule has 30 heavy (non-hydrogen) atoms. The molecule has 0 aromatic heterocycles. The molecule has 0 spiro atoms. The number of benzene rings is 2. The van der Waals surface area contributed by atoms with Gasteiger partial charge < -0.3 is 15.2 Å². The number of methoxy groups -OCH3 is 1. The molecule has 0 aliphatic carbocycles. The van der Waals surface area contributed by atoms with E-state index in [2.05, 4.69) is 5.32 Å². The molecule has 0 bridgehead atoms. The van der Waals surface area contributed by atoms with Crippen LogP contribution in [0, 0.1) is 0 Å². The lowest BCUT2D eigenvalue weighted by Crippen LogP contribution is -2.31. The third kappa shape index (κ3) is 5.18. The molecule has 1 fully saturated rings. The highest BCUT2D eigenvalue weighted by atomic mass is 32.2. The quantitative estimate of drug-likeness (QED) is 0.622. The summed E-state index contributed by atoms with van der Waals surface area (Å²) in [5.41, 5.74) is 1.04. The SMILES string of the molecule is COc1ccc(N2C(=O)C[C@@H](Sc3ccc(NC(=O)CCC(=O)O)cc3)C2=O)cc1. The van der Waals surface area contributed by atoms with Crippen LogP contribution in [0.2, 0.25) is 0 Å². The molecule has 1 atom stereocenters. The van der Waals surface area contributed by atoms with Gasteiger partial charge in [0.2, 0.25) is 17.7 Å². The summed E-state index contributed by atoms with van der Waals surface area (Å²) in [5, 5.41) is 10.7. The van der Waals surface area contributed by atoms with Crippen LogP contribution in [-0.4, -0.2) is 41.2 Å². The summed E-state index contributed by atoms with van der Waals surface area (Å²) in [6, 6.07) is 13.6. The summed E-state index contributed by atoms with van der Waals surface area (Å²) in [5.74, 6) is -1.31. The number of carbonyl (C=O) groups is 4. The largest absolute Gasteiger partial charge is 0.497 e. The van der Waals surface area contributed by atoms with Crippen molar-refractivity contribution in [2.24, 2.45) is 0 Å². The Morgan fingerprint density at radius 3 is 2.37 bits per heavy atom. The summed E-state index contributed by atoms with van der Waals surface area (Å²) < 4.78 is 5.10. The predicted molar refractivity (Wildman–Crippen MR) is 112 cm³/mol. The minimum Gasteiger partial charge on any atom is -0.497 e. The van der Waals surface area contributed by atoms with Gasteiger partial charge in [0, 0.05) is 23.4 Å². The molecular formula is C21H20N2O6S. The van der Waals surface area contributed by atoms with E-state index in [1.165, 1.54) is 16.7 Å². The topological polar surface area (TPSA) is 113 Å². The Bertz CT molecular complexity index is 958. The van der Waals surface area contributed by atoms with Crippen LogP contribution in [0.5, 0.6) is 5.75 Å². The van der Waals surface area contributed by atoms with Crippen LogP contribution >= 0.6 is 11.8 Å². The average molecular weight is 428 g/mol. The van der Waals surface area contributed by atoms with Crippen molar-refractivity contribution < 1.29 is 29.0 Å². The van der Waals surface area contributed by atoms with Gasteiger partial charge in [-0.25, -0.2) is 4.90 Å². The number of nitrogens with zero attached hydrogens (tertiary/aromatic N) is 1. The Morgan fingerprint density at radius 1 is 1.10 bits per heavy atom. The fraction of sp³-hybridized carbons (Fsp3) is 0.238. The van der Waals surface area contributed by atoms with Gasteiger partial charge in [-0.3, -0.25) is 19.2 Å². The first-order valence-corrected chi connectivity index (χ1v) is 10.0. The third-order valence-electron chi connectivity index (χ3n) is 4.42. The zero-order valence-electron chi connectivity index (χ0n) is 16.2. The monoisotopic (exact) mass is 428 g/mol. The number of hydrogen-bond donors (Lipinski definition) is 2. The molecule has 1 aliphatic rings. The maximum absolute atomic E-state index is 12.8. The minimum absolute atomic E-state index is 0.100. The molecule has 3 rings (SSSR count). The summed E-state index contributed by atoms with van der Waals surface area (Å²) >= 11 is 1.28. The number of nitrogens with one attached hydrogen (secondary N) is 1. The Labute approximate surface area is 177 Å². The van der Waals surface area contributed by atoms with E-state index >= 15 is 0 Å². The minimum atomic E-state index is -1.03. The van der Waals surface area contributed by atoms with E-state index in [4.69, 9.17) is 9.84 Å². The zero-order chi connectivity index (χ0) is 21.7. The molecule has 1 saturated heterocycles. The van der Waals surface area contributed by atoms with Gasteiger partial charge in [-0.15, -0.1) is 11.8 Å². The van der Waals surface area contributed by atoms with Gasteiger partial charge in [-0.2, -0.15) is 0 Å². The van der Waals surface area contributed by atoms with Crippen LogP contribution in [-0.2, 0) is 19.2 Å². The number of rotatable bonds is 8.